The van der Waals surface area contributed by atoms with Crippen LogP contribution in [0.5, 0.6) is 0 Å². The molecule has 0 fully saturated rings. The van der Waals surface area contributed by atoms with E-state index in [-0.39, 0.29) is 11.8 Å². The van der Waals surface area contributed by atoms with Gasteiger partial charge in [0.2, 0.25) is 11.8 Å². The Morgan fingerprint density at radius 1 is 1.40 bits per heavy atom. The van der Waals surface area contributed by atoms with E-state index in [2.05, 4.69) is 26.6 Å². The van der Waals surface area contributed by atoms with Crippen molar-refractivity contribution in [3.63, 3.8) is 0 Å². The molecular formula is C15H19BrN2O2. The molecule has 108 valence electrons. The molecule has 0 unspecified atom stereocenters. The maximum absolute atomic E-state index is 11.7. The molecule has 4 nitrogen and oxygen atoms in total. The average Bonchev–Trinajstić information content (AvgIpc) is 2.42. The molecule has 0 bridgehead atoms. The van der Waals surface area contributed by atoms with E-state index in [1.54, 1.807) is 13.0 Å². The minimum Gasteiger partial charge on any atom is -0.354 e. The third kappa shape index (κ3) is 6.02. The summed E-state index contributed by atoms with van der Waals surface area (Å²) in [7, 11) is 0. The van der Waals surface area contributed by atoms with Crippen molar-refractivity contribution in [3.8, 4) is 0 Å². The molecule has 0 aliphatic heterocycles. The first-order valence-electron chi connectivity index (χ1n) is 6.54. The molecule has 1 aromatic rings. The standard InChI is InChI=1S/C15H19BrN2O2/c1-3-9-17-15(20)11(2)18-14(19)8-7-12-5-4-6-13(16)10-12/h4-8,10-11H,3,9H2,1-2H3,(H,17,20)(H,18,19)/b8-7+/t11-/m0/s1. The van der Waals surface area contributed by atoms with Crippen molar-refractivity contribution in [1.82, 2.24) is 10.6 Å². The molecule has 0 aliphatic rings. The monoisotopic (exact) mass is 338 g/mol. The lowest BCUT2D eigenvalue weighted by atomic mass is 10.2. The molecular weight excluding hydrogens is 320 g/mol. The summed E-state index contributed by atoms with van der Waals surface area (Å²) in [6, 6.07) is 7.06. The van der Waals surface area contributed by atoms with Crippen LogP contribution in [0.2, 0.25) is 0 Å². The molecule has 1 aromatic carbocycles. The van der Waals surface area contributed by atoms with Gasteiger partial charge in [-0.05, 0) is 37.1 Å². The molecule has 1 atom stereocenters. The number of rotatable bonds is 6. The zero-order valence-electron chi connectivity index (χ0n) is 11.7. The van der Waals surface area contributed by atoms with Crippen LogP contribution >= 0.6 is 15.9 Å². The van der Waals surface area contributed by atoms with Crippen LogP contribution < -0.4 is 10.6 Å². The van der Waals surface area contributed by atoms with Gasteiger partial charge in [0, 0.05) is 17.1 Å². The summed E-state index contributed by atoms with van der Waals surface area (Å²) >= 11 is 3.37. The molecule has 2 amide bonds. The van der Waals surface area contributed by atoms with Crippen molar-refractivity contribution >= 4 is 33.8 Å². The molecule has 5 heteroatoms. The first kappa shape index (κ1) is 16.4. The Hall–Kier alpha value is -1.62. The Bertz CT molecular complexity index is 500. The number of hydrogen-bond donors (Lipinski definition) is 2. The largest absolute Gasteiger partial charge is 0.354 e. The molecule has 0 heterocycles. The number of hydrogen-bond acceptors (Lipinski definition) is 2. The molecule has 2 N–H and O–H groups in total. The molecule has 20 heavy (non-hydrogen) atoms. The van der Waals surface area contributed by atoms with Crippen molar-refractivity contribution in [2.45, 2.75) is 26.3 Å². The lowest BCUT2D eigenvalue weighted by Gasteiger charge is -2.12. The van der Waals surface area contributed by atoms with E-state index in [1.165, 1.54) is 6.08 Å². The minimum absolute atomic E-state index is 0.170. The van der Waals surface area contributed by atoms with Gasteiger partial charge < -0.3 is 10.6 Å². The summed E-state index contributed by atoms with van der Waals surface area (Å²) in [6.45, 7) is 4.26. The van der Waals surface area contributed by atoms with E-state index in [1.807, 2.05) is 31.2 Å². The number of halogens is 1. The number of nitrogens with one attached hydrogen (secondary N) is 2. The zero-order valence-corrected chi connectivity index (χ0v) is 13.2. The van der Waals surface area contributed by atoms with Crippen LogP contribution in [0.15, 0.2) is 34.8 Å². The summed E-state index contributed by atoms with van der Waals surface area (Å²) in [6.07, 6.45) is 4.00. The highest BCUT2D eigenvalue weighted by Crippen LogP contribution is 2.12. The van der Waals surface area contributed by atoms with E-state index < -0.39 is 6.04 Å². The van der Waals surface area contributed by atoms with Gasteiger partial charge in [0.05, 0.1) is 0 Å². The van der Waals surface area contributed by atoms with Crippen LogP contribution in [0.1, 0.15) is 25.8 Å². The number of carbonyl (C=O) groups excluding carboxylic acids is 2. The number of carbonyl (C=O) groups is 2. The lowest BCUT2D eigenvalue weighted by Crippen LogP contribution is -2.44. The van der Waals surface area contributed by atoms with Crippen molar-refractivity contribution in [2.75, 3.05) is 6.54 Å². The normalized spacial score (nSPS) is 12.2. The molecule has 0 aromatic heterocycles. The third-order valence-electron chi connectivity index (χ3n) is 2.58. The van der Waals surface area contributed by atoms with E-state index in [0.29, 0.717) is 6.54 Å². The maximum Gasteiger partial charge on any atom is 0.244 e. The van der Waals surface area contributed by atoms with Crippen molar-refractivity contribution in [1.29, 1.82) is 0 Å². The van der Waals surface area contributed by atoms with Gasteiger partial charge in [-0.15, -0.1) is 0 Å². The van der Waals surface area contributed by atoms with Gasteiger partial charge in [-0.25, -0.2) is 0 Å². The Labute approximate surface area is 127 Å². The number of benzene rings is 1. The Morgan fingerprint density at radius 3 is 2.80 bits per heavy atom. The molecule has 1 rings (SSSR count). The Balaban J connectivity index is 2.49. The van der Waals surface area contributed by atoms with Crippen molar-refractivity contribution in [3.05, 3.63) is 40.4 Å². The fraction of sp³-hybridized carbons (Fsp3) is 0.333. The average molecular weight is 339 g/mol. The topological polar surface area (TPSA) is 58.2 Å². The van der Waals surface area contributed by atoms with Crippen molar-refractivity contribution in [2.24, 2.45) is 0 Å². The van der Waals surface area contributed by atoms with Gasteiger partial charge in [0.1, 0.15) is 6.04 Å². The van der Waals surface area contributed by atoms with E-state index in [4.69, 9.17) is 0 Å². The fourth-order valence-electron chi connectivity index (χ4n) is 1.51. The SMILES string of the molecule is CCCNC(=O)[C@H](C)NC(=O)/C=C/c1cccc(Br)c1. The second-order valence-corrected chi connectivity index (χ2v) is 5.33. The molecule has 0 spiro atoms. The van der Waals surface area contributed by atoms with E-state index in [0.717, 1.165) is 16.5 Å². The summed E-state index contributed by atoms with van der Waals surface area (Å²) in [5.41, 5.74) is 0.914. The van der Waals surface area contributed by atoms with Gasteiger partial charge >= 0.3 is 0 Å². The number of amides is 2. The summed E-state index contributed by atoms with van der Waals surface area (Å²) < 4.78 is 0.951. The van der Waals surface area contributed by atoms with Crippen LogP contribution in [-0.2, 0) is 9.59 Å². The summed E-state index contributed by atoms with van der Waals surface area (Å²) in [5.74, 6) is -0.458. The minimum atomic E-state index is -0.541. The third-order valence-corrected chi connectivity index (χ3v) is 3.07. The van der Waals surface area contributed by atoms with Gasteiger partial charge in [-0.3, -0.25) is 9.59 Å². The Kier molecular flexibility index (Phi) is 7.01. The van der Waals surface area contributed by atoms with Gasteiger partial charge in [-0.1, -0.05) is 35.0 Å². The molecule has 0 aliphatic carbocycles. The quantitative estimate of drug-likeness (QED) is 0.783. The second kappa shape index (κ2) is 8.53. The van der Waals surface area contributed by atoms with Crippen LogP contribution in [0.25, 0.3) is 6.08 Å². The van der Waals surface area contributed by atoms with Gasteiger partial charge in [0.25, 0.3) is 0 Å². The van der Waals surface area contributed by atoms with Crippen LogP contribution in [0.3, 0.4) is 0 Å². The van der Waals surface area contributed by atoms with Crippen LogP contribution in [-0.4, -0.2) is 24.4 Å². The first-order chi connectivity index (χ1) is 9.52. The smallest absolute Gasteiger partial charge is 0.244 e. The lowest BCUT2D eigenvalue weighted by molar-refractivity contribution is -0.126. The maximum atomic E-state index is 11.7. The fourth-order valence-corrected chi connectivity index (χ4v) is 1.93. The zero-order chi connectivity index (χ0) is 15.0. The molecule has 0 radical (unpaired) electrons. The highest BCUT2D eigenvalue weighted by molar-refractivity contribution is 9.10. The summed E-state index contributed by atoms with van der Waals surface area (Å²) in [4.78, 5) is 23.3. The molecule has 0 saturated heterocycles. The predicted octanol–water partition coefficient (Wildman–Crippen LogP) is 2.49. The predicted molar refractivity (Wildman–Crippen MR) is 84.1 cm³/mol. The van der Waals surface area contributed by atoms with Crippen LogP contribution in [0.4, 0.5) is 0 Å². The Morgan fingerprint density at radius 2 is 2.15 bits per heavy atom. The van der Waals surface area contributed by atoms with Gasteiger partial charge in [-0.2, -0.15) is 0 Å². The highest BCUT2D eigenvalue weighted by Gasteiger charge is 2.12. The van der Waals surface area contributed by atoms with Crippen molar-refractivity contribution < 1.29 is 9.59 Å². The van der Waals surface area contributed by atoms with Crippen LogP contribution in [0, 0.1) is 0 Å². The van der Waals surface area contributed by atoms with E-state index >= 15 is 0 Å². The summed E-state index contributed by atoms with van der Waals surface area (Å²) in [5, 5.41) is 5.36. The van der Waals surface area contributed by atoms with Gasteiger partial charge in [0.15, 0.2) is 0 Å². The highest BCUT2D eigenvalue weighted by atomic mass is 79.9. The van der Waals surface area contributed by atoms with E-state index in [9.17, 15) is 9.59 Å². The first-order valence-corrected chi connectivity index (χ1v) is 7.34. The second-order valence-electron chi connectivity index (χ2n) is 4.41. The molecule has 0 saturated carbocycles.